The third kappa shape index (κ3) is 3.98. The van der Waals surface area contributed by atoms with E-state index in [4.69, 9.17) is 11.6 Å². The largest absolute Gasteiger partial charge is 0.312 e. The Balaban J connectivity index is 2.03. The monoisotopic (exact) mass is 306 g/mol. The van der Waals surface area contributed by atoms with E-state index < -0.39 is 0 Å². The Morgan fingerprint density at radius 3 is 2.60 bits per heavy atom. The fraction of sp³-hybridized carbons (Fsp3) is 0.312. The summed E-state index contributed by atoms with van der Waals surface area (Å²) in [6.45, 7) is 2.17. The molecule has 0 amide bonds. The zero-order valence-electron chi connectivity index (χ0n) is 11.8. The summed E-state index contributed by atoms with van der Waals surface area (Å²) in [5.41, 5.74) is 2.66. The zero-order chi connectivity index (χ0) is 14.4. The van der Waals surface area contributed by atoms with Crippen LogP contribution in [0.4, 0.5) is 0 Å². The quantitative estimate of drug-likeness (QED) is 0.803. The molecule has 2 rings (SSSR count). The highest BCUT2D eigenvalue weighted by Crippen LogP contribution is 2.28. The molecule has 2 nitrogen and oxygen atoms in total. The molecule has 106 valence electrons. The Kier molecular flexibility index (Phi) is 5.89. The molecule has 4 heteroatoms. The first-order valence-corrected chi connectivity index (χ1v) is 8.10. The SMILES string of the molecule is CCc1ccc(C(CSc2ncccc2Cl)NC)cc1. The first-order chi connectivity index (χ1) is 9.74. The molecule has 0 spiro atoms. The van der Waals surface area contributed by atoms with Crippen molar-refractivity contribution in [2.45, 2.75) is 24.4 Å². The number of aromatic nitrogens is 1. The molecule has 0 fully saturated rings. The van der Waals surface area contributed by atoms with Crippen molar-refractivity contribution in [3.8, 4) is 0 Å². The maximum absolute atomic E-state index is 6.13. The van der Waals surface area contributed by atoms with E-state index in [9.17, 15) is 0 Å². The van der Waals surface area contributed by atoms with Crippen molar-refractivity contribution in [3.05, 3.63) is 58.7 Å². The van der Waals surface area contributed by atoms with E-state index in [2.05, 4.69) is 41.5 Å². The van der Waals surface area contributed by atoms with Gasteiger partial charge in [-0.25, -0.2) is 4.98 Å². The molecule has 0 aliphatic heterocycles. The Morgan fingerprint density at radius 2 is 2.00 bits per heavy atom. The Labute approximate surface area is 130 Å². The fourth-order valence-electron chi connectivity index (χ4n) is 1.97. The summed E-state index contributed by atoms with van der Waals surface area (Å²) in [7, 11) is 1.99. The van der Waals surface area contributed by atoms with Crippen LogP contribution in [-0.2, 0) is 6.42 Å². The number of aryl methyl sites for hydroxylation is 1. The number of nitrogens with zero attached hydrogens (tertiary/aromatic N) is 1. The minimum Gasteiger partial charge on any atom is -0.312 e. The molecule has 1 N–H and O–H groups in total. The number of hydrogen-bond acceptors (Lipinski definition) is 3. The maximum atomic E-state index is 6.13. The van der Waals surface area contributed by atoms with E-state index in [1.165, 1.54) is 11.1 Å². The van der Waals surface area contributed by atoms with E-state index in [0.29, 0.717) is 11.1 Å². The first kappa shape index (κ1) is 15.4. The highest BCUT2D eigenvalue weighted by Gasteiger charge is 2.11. The Bertz CT molecular complexity index is 542. The first-order valence-electron chi connectivity index (χ1n) is 6.74. The molecular formula is C16H19ClN2S. The van der Waals surface area contributed by atoms with Crippen molar-refractivity contribution in [2.75, 3.05) is 12.8 Å². The lowest BCUT2D eigenvalue weighted by atomic mass is 10.1. The normalized spacial score (nSPS) is 12.3. The predicted octanol–water partition coefficient (Wildman–Crippen LogP) is 4.35. The van der Waals surface area contributed by atoms with Crippen LogP contribution in [0.1, 0.15) is 24.1 Å². The number of nitrogens with one attached hydrogen (secondary N) is 1. The summed E-state index contributed by atoms with van der Waals surface area (Å²) in [6, 6.07) is 12.8. The number of rotatable bonds is 6. The fourth-order valence-corrected chi connectivity index (χ4v) is 3.28. The zero-order valence-corrected chi connectivity index (χ0v) is 13.3. The van der Waals surface area contributed by atoms with Gasteiger partial charge in [0, 0.05) is 18.0 Å². The van der Waals surface area contributed by atoms with Crippen molar-refractivity contribution >= 4 is 23.4 Å². The van der Waals surface area contributed by atoms with Gasteiger partial charge in [-0.15, -0.1) is 11.8 Å². The van der Waals surface area contributed by atoms with Gasteiger partial charge < -0.3 is 5.32 Å². The van der Waals surface area contributed by atoms with Crippen LogP contribution in [-0.4, -0.2) is 17.8 Å². The number of halogens is 1. The molecule has 1 aromatic carbocycles. The molecule has 0 aliphatic carbocycles. The van der Waals surface area contributed by atoms with Crippen molar-refractivity contribution in [3.63, 3.8) is 0 Å². The van der Waals surface area contributed by atoms with E-state index >= 15 is 0 Å². The topological polar surface area (TPSA) is 24.9 Å². The van der Waals surface area contributed by atoms with Crippen LogP contribution in [0.5, 0.6) is 0 Å². The highest BCUT2D eigenvalue weighted by atomic mass is 35.5. The van der Waals surface area contributed by atoms with E-state index in [0.717, 1.165) is 17.2 Å². The third-order valence-corrected chi connectivity index (χ3v) is 4.77. The second kappa shape index (κ2) is 7.67. The van der Waals surface area contributed by atoms with Crippen LogP contribution >= 0.6 is 23.4 Å². The van der Waals surface area contributed by atoms with Gasteiger partial charge in [0.05, 0.1) is 5.02 Å². The van der Waals surface area contributed by atoms with Crippen LogP contribution in [0, 0.1) is 0 Å². The van der Waals surface area contributed by atoms with Gasteiger partial charge in [0.1, 0.15) is 5.03 Å². The predicted molar refractivity (Wildman–Crippen MR) is 87.6 cm³/mol. The maximum Gasteiger partial charge on any atom is 0.115 e. The van der Waals surface area contributed by atoms with Crippen molar-refractivity contribution in [2.24, 2.45) is 0 Å². The van der Waals surface area contributed by atoms with E-state index in [-0.39, 0.29) is 0 Å². The van der Waals surface area contributed by atoms with Gasteiger partial charge >= 0.3 is 0 Å². The van der Waals surface area contributed by atoms with Crippen LogP contribution in [0.25, 0.3) is 0 Å². The molecule has 1 aromatic heterocycles. The summed E-state index contributed by atoms with van der Waals surface area (Å²) in [4.78, 5) is 4.31. The molecule has 1 heterocycles. The highest BCUT2D eigenvalue weighted by molar-refractivity contribution is 7.99. The summed E-state index contributed by atoms with van der Waals surface area (Å²) in [6.07, 6.45) is 2.85. The second-order valence-electron chi connectivity index (χ2n) is 4.54. The molecule has 1 unspecified atom stereocenters. The summed E-state index contributed by atoms with van der Waals surface area (Å²) in [5, 5.41) is 4.96. The number of hydrogen-bond donors (Lipinski definition) is 1. The number of thioether (sulfide) groups is 1. The van der Waals surface area contributed by atoms with Gasteiger partial charge in [0.25, 0.3) is 0 Å². The van der Waals surface area contributed by atoms with Crippen molar-refractivity contribution in [1.82, 2.24) is 10.3 Å². The van der Waals surface area contributed by atoms with Gasteiger partial charge in [-0.1, -0.05) is 42.8 Å². The van der Waals surface area contributed by atoms with Gasteiger partial charge in [0.15, 0.2) is 0 Å². The lowest BCUT2D eigenvalue weighted by Gasteiger charge is -2.16. The average molecular weight is 307 g/mol. The van der Waals surface area contributed by atoms with Crippen molar-refractivity contribution in [1.29, 1.82) is 0 Å². The number of pyridine rings is 1. The number of benzene rings is 1. The van der Waals surface area contributed by atoms with Crippen LogP contribution in [0.2, 0.25) is 5.02 Å². The van der Waals surface area contributed by atoms with Gasteiger partial charge in [-0.3, -0.25) is 0 Å². The molecule has 20 heavy (non-hydrogen) atoms. The van der Waals surface area contributed by atoms with Crippen LogP contribution in [0.3, 0.4) is 0 Å². The van der Waals surface area contributed by atoms with Gasteiger partial charge in [0.2, 0.25) is 0 Å². The smallest absolute Gasteiger partial charge is 0.115 e. The minimum absolute atomic E-state index is 0.295. The minimum atomic E-state index is 0.295. The Hall–Kier alpha value is -1.03. The van der Waals surface area contributed by atoms with Crippen LogP contribution < -0.4 is 5.32 Å². The van der Waals surface area contributed by atoms with E-state index in [1.807, 2.05) is 19.2 Å². The molecule has 2 aromatic rings. The lowest BCUT2D eigenvalue weighted by Crippen LogP contribution is -2.18. The molecule has 0 saturated heterocycles. The molecule has 0 saturated carbocycles. The summed E-state index contributed by atoms with van der Waals surface area (Å²) in [5.74, 6) is 0.901. The lowest BCUT2D eigenvalue weighted by molar-refractivity contribution is 0.661. The second-order valence-corrected chi connectivity index (χ2v) is 5.95. The molecule has 0 radical (unpaired) electrons. The molecule has 0 bridgehead atoms. The standard InChI is InChI=1S/C16H19ClN2S/c1-3-12-6-8-13(9-7-12)15(18-2)11-20-16-14(17)5-4-10-19-16/h4-10,15,18H,3,11H2,1-2H3. The van der Waals surface area contributed by atoms with E-state index in [1.54, 1.807) is 18.0 Å². The van der Waals surface area contributed by atoms with Crippen LogP contribution in [0.15, 0.2) is 47.6 Å². The Morgan fingerprint density at radius 1 is 1.25 bits per heavy atom. The molecule has 1 atom stereocenters. The summed E-state index contributed by atoms with van der Waals surface area (Å²) < 4.78 is 0. The summed E-state index contributed by atoms with van der Waals surface area (Å²) >= 11 is 7.81. The molecule has 0 aliphatic rings. The third-order valence-electron chi connectivity index (χ3n) is 3.25. The average Bonchev–Trinajstić information content (AvgIpc) is 2.50. The van der Waals surface area contributed by atoms with Gasteiger partial charge in [-0.2, -0.15) is 0 Å². The molecular weight excluding hydrogens is 288 g/mol. The van der Waals surface area contributed by atoms with Gasteiger partial charge in [-0.05, 0) is 36.7 Å². The van der Waals surface area contributed by atoms with Crippen molar-refractivity contribution < 1.29 is 0 Å².